The smallest absolute Gasteiger partial charge is 0.240 e. The fourth-order valence-corrected chi connectivity index (χ4v) is 4.44. The van der Waals surface area contributed by atoms with E-state index in [4.69, 9.17) is 0 Å². The van der Waals surface area contributed by atoms with Crippen LogP contribution in [0.1, 0.15) is 23.7 Å². The molecule has 3 aliphatic rings. The Hall–Kier alpha value is -2.47. The molecule has 0 aromatic heterocycles. The van der Waals surface area contributed by atoms with Crippen molar-refractivity contribution in [2.45, 2.75) is 19.4 Å². The molecule has 0 unspecified atom stereocenters. The number of aliphatic hydroxyl groups excluding tert-OH is 1. The lowest BCUT2D eigenvalue weighted by Gasteiger charge is -2.18. The van der Waals surface area contributed by atoms with Gasteiger partial charge in [0, 0.05) is 6.54 Å². The Balaban J connectivity index is 1.33. The number of benzene rings is 1. The summed E-state index contributed by atoms with van der Waals surface area (Å²) in [6.45, 7) is 1.72. The van der Waals surface area contributed by atoms with Gasteiger partial charge in [-0.2, -0.15) is 0 Å². The fourth-order valence-electron chi connectivity index (χ4n) is 4.44. The van der Waals surface area contributed by atoms with Crippen LogP contribution in [0.25, 0.3) is 0 Å². The highest BCUT2D eigenvalue weighted by molar-refractivity contribution is 6.08. The summed E-state index contributed by atoms with van der Waals surface area (Å²) in [6.07, 6.45) is 4.09. The zero-order valence-corrected chi connectivity index (χ0v) is 14.6. The van der Waals surface area contributed by atoms with Crippen LogP contribution >= 0.6 is 0 Å². The number of hydrogen-bond donors (Lipinski definition) is 2. The third-order valence-corrected chi connectivity index (χ3v) is 5.82. The van der Waals surface area contributed by atoms with Gasteiger partial charge in [0.05, 0.1) is 17.9 Å². The Labute approximate surface area is 151 Å². The number of aliphatic hydroxyl groups is 1. The molecule has 6 nitrogen and oxygen atoms in total. The van der Waals surface area contributed by atoms with E-state index in [2.05, 4.69) is 5.32 Å². The minimum atomic E-state index is -0.830. The molecule has 1 saturated carbocycles. The molecule has 4 rings (SSSR count). The van der Waals surface area contributed by atoms with E-state index in [0.29, 0.717) is 5.56 Å². The van der Waals surface area contributed by atoms with E-state index >= 15 is 0 Å². The Morgan fingerprint density at radius 3 is 2.31 bits per heavy atom. The van der Waals surface area contributed by atoms with Gasteiger partial charge in [0.2, 0.25) is 17.7 Å². The van der Waals surface area contributed by atoms with Crippen molar-refractivity contribution >= 4 is 17.7 Å². The first-order valence-electron chi connectivity index (χ1n) is 9.00. The van der Waals surface area contributed by atoms with Crippen molar-refractivity contribution in [3.05, 3.63) is 47.5 Å². The molecule has 1 aliphatic heterocycles. The van der Waals surface area contributed by atoms with Crippen LogP contribution in [-0.2, 0) is 14.4 Å². The lowest BCUT2D eigenvalue weighted by atomic mass is 9.85. The third-order valence-electron chi connectivity index (χ3n) is 5.82. The normalized spacial score (nSPS) is 30.0. The molecule has 1 aromatic carbocycles. The van der Waals surface area contributed by atoms with Crippen LogP contribution in [-0.4, -0.2) is 40.8 Å². The molecule has 2 N–H and O–H groups in total. The number of hydrogen-bond acceptors (Lipinski definition) is 4. The molecular weight excluding hydrogens is 332 g/mol. The zero-order chi connectivity index (χ0) is 18.4. The lowest BCUT2D eigenvalue weighted by Crippen LogP contribution is -2.42. The predicted molar refractivity (Wildman–Crippen MR) is 93.6 cm³/mol. The summed E-state index contributed by atoms with van der Waals surface area (Å²) in [7, 11) is 0. The molecule has 6 heteroatoms. The number of allylic oxidation sites excluding steroid dienone is 2. The number of aryl methyl sites for hydroxylation is 1. The number of nitrogens with one attached hydrogen (secondary N) is 1. The molecule has 26 heavy (non-hydrogen) atoms. The average molecular weight is 354 g/mol. The summed E-state index contributed by atoms with van der Waals surface area (Å²) < 4.78 is 0. The van der Waals surface area contributed by atoms with Gasteiger partial charge in [0.1, 0.15) is 6.54 Å². The van der Waals surface area contributed by atoms with Crippen LogP contribution < -0.4 is 5.32 Å². The van der Waals surface area contributed by atoms with E-state index in [-0.39, 0.29) is 48.6 Å². The van der Waals surface area contributed by atoms with Crippen LogP contribution in [0.4, 0.5) is 0 Å². The zero-order valence-electron chi connectivity index (χ0n) is 14.6. The SMILES string of the molecule is Cc1ccc([C@H](O)CNC(=O)CN2C(=O)[C@H]3[C@H](C2=O)[C@H]2C=C[C@H]3C2)cc1. The molecule has 2 fully saturated rings. The molecule has 1 heterocycles. The summed E-state index contributed by atoms with van der Waals surface area (Å²) in [5, 5.41) is 12.8. The van der Waals surface area contributed by atoms with Crippen molar-refractivity contribution in [1.29, 1.82) is 0 Å². The first-order chi connectivity index (χ1) is 12.5. The summed E-state index contributed by atoms with van der Waals surface area (Å²) >= 11 is 0. The van der Waals surface area contributed by atoms with Gasteiger partial charge in [-0.25, -0.2) is 0 Å². The second kappa shape index (κ2) is 6.36. The van der Waals surface area contributed by atoms with Gasteiger partial charge in [-0.3, -0.25) is 19.3 Å². The first kappa shape index (κ1) is 17.0. The molecule has 1 aromatic rings. The van der Waals surface area contributed by atoms with Gasteiger partial charge in [0.15, 0.2) is 0 Å². The molecule has 2 bridgehead atoms. The van der Waals surface area contributed by atoms with Gasteiger partial charge < -0.3 is 10.4 Å². The Morgan fingerprint density at radius 2 is 1.73 bits per heavy atom. The first-order valence-corrected chi connectivity index (χ1v) is 9.00. The summed E-state index contributed by atoms with van der Waals surface area (Å²) in [5.41, 5.74) is 1.80. The fraction of sp³-hybridized carbons (Fsp3) is 0.450. The van der Waals surface area contributed by atoms with E-state index in [9.17, 15) is 19.5 Å². The average Bonchev–Trinajstić information content (AvgIpc) is 3.30. The van der Waals surface area contributed by atoms with Crippen LogP contribution in [0, 0.1) is 30.6 Å². The van der Waals surface area contributed by atoms with Crippen LogP contribution in [0.5, 0.6) is 0 Å². The standard InChI is InChI=1S/C20H22N2O4/c1-11-2-4-12(5-3-11)15(23)9-21-16(24)10-22-19(25)17-13-6-7-14(8-13)18(17)20(22)26/h2-7,13-15,17-18,23H,8-10H2,1H3,(H,21,24)/t13-,14-,15+,17+,18+/m0/s1. The number of imide groups is 1. The summed E-state index contributed by atoms with van der Waals surface area (Å²) in [4.78, 5) is 38.4. The van der Waals surface area contributed by atoms with E-state index in [0.717, 1.165) is 16.9 Å². The lowest BCUT2D eigenvalue weighted by molar-refractivity contribution is -0.144. The number of amides is 3. The Kier molecular flexibility index (Phi) is 4.15. The highest BCUT2D eigenvalue weighted by Crippen LogP contribution is 2.52. The van der Waals surface area contributed by atoms with E-state index < -0.39 is 12.0 Å². The molecule has 136 valence electrons. The highest BCUT2D eigenvalue weighted by atomic mass is 16.3. The minimum Gasteiger partial charge on any atom is -0.387 e. The van der Waals surface area contributed by atoms with Gasteiger partial charge in [-0.1, -0.05) is 42.0 Å². The predicted octanol–water partition coefficient (Wildman–Crippen LogP) is 0.952. The number of likely N-dealkylation sites (tertiary alicyclic amines) is 1. The quantitative estimate of drug-likeness (QED) is 0.609. The highest BCUT2D eigenvalue weighted by Gasteiger charge is 2.59. The minimum absolute atomic E-state index is 0.0395. The monoisotopic (exact) mass is 354 g/mol. The van der Waals surface area contributed by atoms with Crippen LogP contribution in [0.2, 0.25) is 0 Å². The van der Waals surface area contributed by atoms with Crippen LogP contribution in [0.3, 0.4) is 0 Å². The molecule has 0 radical (unpaired) electrons. The van der Waals surface area contributed by atoms with Crippen molar-refractivity contribution in [3.63, 3.8) is 0 Å². The van der Waals surface area contributed by atoms with E-state index in [1.165, 1.54) is 0 Å². The number of fused-ring (bicyclic) bond motifs is 5. The molecule has 0 spiro atoms. The molecule has 2 aliphatic carbocycles. The summed E-state index contributed by atoms with van der Waals surface area (Å²) in [5.74, 6) is -1.20. The number of nitrogens with zero attached hydrogens (tertiary/aromatic N) is 1. The van der Waals surface area contributed by atoms with E-state index in [1.807, 2.05) is 43.3 Å². The van der Waals surface area contributed by atoms with Crippen molar-refractivity contribution in [3.8, 4) is 0 Å². The number of carbonyl (C=O) groups is 3. The largest absolute Gasteiger partial charge is 0.387 e. The Morgan fingerprint density at radius 1 is 1.15 bits per heavy atom. The number of carbonyl (C=O) groups excluding carboxylic acids is 3. The van der Waals surface area contributed by atoms with Crippen molar-refractivity contribution in [1.82, 2.24) is 10.2 Å². The molecule has 3 amide bonds. The second-order valence-electron chi connectivity index (χ2n) is 7.49. The molecule has 1 saturated heterocycles. The molecule has 5 atom stereocenters. The van der Waals surface area contributed by atoms with Gasteiger partial charge in [-0.15, -0.1) is 0 Å². The molecular formula is C20H22N2O4. The maximum atomic E-state index is 12.6. The third kappa shape index (κ3) is 2.74. The van der Waals surface area contributed by atoms with Gasteiger partial charge in [0.25, 0.3) is 0 Å². The maximum Gasteiger partial charge on any atom is 0.240 e. The van der Waals surface area contributed by atoms with Gasteiger partial charge in [-0.05, 0) is 30.7 Å². The second-order valence-corrected chi connectivity index (χ2v) is 7.49. The van der Waals surface area contributed by atoms with Gasteiger partial charge >= 0.3 is 0 Å². The number of rotatable bonds is 5. The van der Waals surface area contributed by atoms with Crippen molar-refractivity contribution < 1.29 is 19.5 Å². The topological polar surface area (TPSA) is 86.7 Å². The van der Waals surface area contributed by atoms with Crippen molar-refractivity contribution in [2.75, 3.05) is 13.1 Å². The summed E-state index contributed by atoms with van der Waals surface area (Å²) in [6, 6.07) is 7.40. The maximum absolute atomic E-state index is 12.6. The van der Waals surface area contributed by atoms with E-state index in [1.54, 1.807) is 0 Å². The Bertz CT molecular complexity index is 756. The van der Waals surface area contributed by atoms with Crippen LogP contribution in [0.15, 0.2) is 36.4 Å². The van der Waals surface area contributed by atoms with Crippen molar-refractivity contribution in [2.24, 2.45) is 23.7 Å².